The summed E-state index contributed by atoms with van der Waals surface area (Å²) in [5, 5.41) is 0. The van der Waals surface area contributed by atoms with E-state index in [2.05, 4.69) is 16.8 Å². The zero-order chi connectivity index (χ0) is 17.6. The van der Waals surface area contributed by atoms with E-state index in [4.69, 9.17) is 10.5 Å². The van der Waals surface area contributed by atoms with Gasteiger partial charge >= 0.3 is 0 Å². The predicted molar refractivity (Wildman–Crippen MR) is 98.4 cm³/mol. The van der Waals surface area contributed by atoms with Crippen LogP contribution in [-0.2, 0) is 9.53 Å². The van der Waals surface area contributed by atoms with Crippen LogP contribution in [0, 0.1) is 5.92 Å². The van der Waals surface area contributed by atoms with E-state index in [9.17, 15) is 4.79 Å². The second kappa shape index (κ2) is 8.63. The molecule has 1 aliphatic heterocycles. The molecule has 0 spiro atoms. The molecule has 2 N–H and O–H groups in total. The van der Waals surface area contributed by atoms with E-state index in [0.717, 1.165) is 58.5 Å². The van der Waals surface area contributed by atoms with E-state index in [-0.39, 0.29) is 24.0 Å². The molecule has 3 atom stereocenters. The Morgan fingerprint density at radius 2 is 1.96 bits per heavy atom. The van der Waals surface area contributed by atoms with Crippen LogP contribution in [0.15, 0.2) is 24.5 Å². The lowest BCUT2D eigenvalue weighted by Crippen LogP contribution is -2.52. The molecule has 6 nitrogen and oxygen atoms in total. The third kappa shape index (κ3) is 4.50. The van der Waals surface area contributed by atoms with Crippen LogP contribution in [-0.4, -0.2) is 60.7 Å². The number of carbonyl (C=O) groups is 1. The van der Waals surface area contributed by atoms with Crippen molar-refractivity contribution in [3.8, 4) is 0 Å². The monoisotopic (exact) mass is 346 g/mol. The molecule has 25 heavy (non-hydrogen) atoms. The molecule has 6 heteroatoms. The summed E-state index contributed by atoms with van der Waals surface area (Å²) in [7, 11) is 0. The van der Waals surface area contributed by atoms with Gasteiger partial charge in [-0.05, 0) is 37.8 Å². The lowest BCUT2D eigenvalue weighted by Gasteiger charge is -2.40. The number of ether oxygens (including phenoxy) is 1. The van der Waals surface area contributed by atoms with Gasteiger partial charge in [-0.25, -0.2) is 0 Å². The van der Waals surface area contributed by atoms with Crippen LogP contribution in [0.1, 0.15) is 32.6 Å². The Bertz CT molecular complexity index is 546. The SMILES string of the molecule is CCCO[C@H]1C[C@@H](C(=O)N2CCN(c3ccncc3)CC2)CC[C@@H]1N. The highest BCUT2D eigenvalue weighted by atomic mass is 16.5. The predicted octanol–water partition coefficient (Wildman–Crippen LogP) is 1.65. The number of hydrogen-bond acceptors (Lipinski definition) is 5. The van der Waals surface area contributed by atoms with Gasteiger partial charge in [0.25, 0.3) is 0 Å². The third-order valence-electron chi connectivity index (χ3n) is 5.35. The van der Waals surface area contributed by atoms with Gasteiger partial charge in [0.2, 0.25) is 5.91 Å². The minimum Gasteiger partial charge on any atom is -0.377 e. The van der Waals surface area contributed by atoms with Crippen LogP contribution in [0.25, 0.3) is 0 Å². The molecule has 0 unspecified atom stereocenters. The van der Waals surface area contributed by atoms with Crippen molar-refractivity contribution in [2.75, 3.05) is 37.7 Å². The molecule has 0 bridgehead atoms. The number of rotatable bonds is 5. The molecule has 3 rings (SSSR count). The second-order valence-electron chi connectivity index (χ2n) is 7.10. The molecule has 1 aromatic rings. The summed E-state index contributed by atoms with van der Waals surface area (Å²) in [6.07, 6.45) is 7.17. The largest absolute Gasteiger partial charge is 0.377 e. The fourth-order valence-corrected chi connectivity index (χ4v) is 3.84. The highest BCUT2D eigenvalue weighted by Gasteiger charge is 2.35. The standard InChI is InChI=1S/C19H30N4O2/c1-2-13-25-18-14-15(3-4-17(18)20)19(24)23-11-9-22(10-12-23)16-5-7-21-8-6-16/h5-8,15,17-18H,2-4,9-14,20H2,1H3/t15-,17-,18-/m0/s1. The normalized spacial score (nSPS) is 27.4. The van der Waals surface area contributed by atoms with Gasteiger partial charge in [-0.1, -0.05) is 6.92 Å². The quantitative estimate of drug-likeness (QED) is 0.878. The van der Waals surface area contributed by atoms with E-state index >= 15 is 0 Å². The van der Waals surface area contributed by atoms with Crippen LogP contribution < -0.4 is 10.6 Å². The number of hydrogen-bond donors (Lipinski definition) is 1. The van der Waals surface area contributed by atoms with E-state index in [1.807, 2.05) is 29.4 Å². The van der Waals surface area contributed by atoms with Gasteiger partial charge < -0.3 is 20.3 Å². The molecule has 138 valence electrons. The van der Waals surface area contributed by atoms with Gasteiger partial charge in [0.1, 0.15) is 0 Å². The number of nitrogens with two attached hydrogens (primary N) is 1. The summed E-state index contributed by atoms with van der Waals surface area (Å²) in [4.78, 5) is 21.3. The van der Waals surface area contributed by atoms with Crippen molar-refractivity contribution in [3.05, 3.63) is 24.5 Å². The van der Waals surface area contributed by atoms with Crippen molar-refractivity contribution in [2.45, 2.75) is 44.8 Å². The first-order valence-electron chi connectivity index (χ1n) is 9.50. The Hall–Kier alpha value is -1.66. The number of carbonyl (C=O) groups excluding carboxylic acids is 1. The average molecular weight is 346 g/mol. The maximum atomic E-state index is 12.9. The van der Waals surface area contributed by atoms with Crippen molar-refractivity contribution in [3.63, 3.8) is 0 Å². The molecule has 2 aliphatic rings. The smallest absolute Gasteiger partial charge is 0.225 e. The molecular weight excluding hydrogens is 316 g/mol. The van der Waals surface area contributed by atoms with E-state index in [1.165, 1.54) is 5.69 Å². The van der Waals surface area contributed by atoms with Crippen molar-refractivity contribution in [2.24, 2.45) is 11.7 Å². The average Bonchev–Trinajstić information content (AvgIpc) is 2.67. The Labute approximate surface area is 150 Å². The molecule has 1 aromatic heterocycles. The van der Waals surface area contributed by atoms with Gasteiger partial charge in [-0.2, -0.15) is 0 Å². The molecular formula is C19H30N4O2. The van der Waals surface area contributed by atoms with Crippen LogP contribution in [0.3, 0.4) is 0 Å². The fraction of sp³-hybridized carbons (Fsp3) is 0.684. The van der Waals surface area contributed by atoms with Gasteiger partial charge in [0.05, 0.1) is 6.10 Å². The number of pyridine rings is 1. The summed E-state index contributed by atoms with van der Waals surface area (Å²) < 4.78 is 5.88. The molecule has 2 heterocycles. The first-order chi connectivity index (χ1) is 12.2. The molecule has 1 aliphatic carbocycles. The number of aromatic nitrogens is 1. The molecule has 0 aromatic carbocycles. The molecule has 0 radical (unpaired) electrons. The highest BCUT2D eigenvalue weighted by Crippen LogP contribution is 2.28. The Morgan fingerprint density at radius 3 is 2.64 bits per heavy atom. The fourth-order valence-electron chi connectivity index (χ4n) is 3.84. The zero-order valence-electron chi connectivity index (χ0n) is 15.1. The van der Waals surface area contributed by atoms with Gasteiger partial charge in [0.15, 0.2) is 0 Å². The summed E-state index contributed by atoms with van der Waals surface area (Å²) in [5.41, 5.74) is 7.36. The molecule has 1 saturated heterocycles. The Morgan fingerprint density at radius 1 is 1.24 bits per heavy atom. The minimum absolute atomic E-state index is 0.0285. The van der Waals surface area contributed by atoms with E-state index in [1.54, 1.807) is 0 Å². The first-order valence-corrected chi connectivity index (χ1v) is 9.50. The maximum Gasteiger partial charge on any atom is 0.225 e. The van der Waals surface area contributed by atoms with Crippen molar-refractivity contribution in [1.82, 2.24) is 9.88 Å². The van der Waals surface area contributed by atoms with Crippen molar-refractivity contribution >= 4 is 11.6 Å². The van der Waals surface area contributed by atoms with E-state index in [0.29, 0.717) is 0 Å². The maximum absolute atomic E-state index is 12.9. The van der Waals surface area contributed by atoms with Crippen LogP contribution in [0.4, 0.5) is 5.69 Å². The van der Waals surface area contributed by atoms with Gasteiger partial charge in [-0.3, -0.25) is 9.78 Å². The number of anilines is 1. The minimum atomic E-state index is 0.0285. The summed E-state index contributed by atoms with van der Waals surface area (Å²) in [6.45, 7) is 6.13. The van der Waals surface area contributed by atoms with Crippen LogP contribution in [0.5, 0.6) is 0 Å². The van der Waals surface area contributed by atoms with Gasteiger partial charge in [-0.15, -0.1) is 0 Å². The summed E-state index contributed by atoms with van der Waals surface area (Å²) in [5.74, 6) is 0.348. The summed E-state index contributed by atoms with van der Waals surface area (Å²) >= 11 is 0. The van der Waals surface area contributed by atoms with Crippen molar-refractivity contribution in [1.29, 1.82) is 0 Å². The molecule has 1 amide bonds. The van der Waals surface area contributed by atoms with Crippen molar-refractivity contribution < 1.29 is 9.53 Å². The number of nitrogens with zero attached hydrogens (tertiary/aromatic N) is 3. The first kappa shape index (κ1) is 18.1. The number of piperazine rings is 1. The topological polar surface area (TPSA) is 71.7 Å². The molecule has 1 saturated carbocycles. The van der Waals surface area contributed by atoms with Crippen LogP contribution >= 0.6 is 0 Å². The van der Waals surface area contributed by atoms with Gasteiger partial charge in [0, 0.05) is 62.8 Å². The summed E-state index contributed by atoms with van der Waals surface area (Å²) in [6, 6.07) is 4.12. The third-order valence-corrected chi connectivity index (χ3v) is 5.35. The second-order valence-corrected chi connectivity index (χ2v) is 7.10. The molecule has 2 fully saturated rings. The number of amides is 1. The zero-order valence-corrected chi connectivity index (χ0v) is 15.1. The lowest BCUT2D eigenvalue weighted by atomic mass is 9.83. The Kier molecular flexibility index (Phi) is 6.26. The lowest BCUT2D eigenvalue weighted by molar-refractivity contribution is -0.139. The van der Waals surface area contributed by atoms with Crippen LogP contribution in [0.2, 0.25) is 0 Å². The Balaban J connectivity index is 1.52. The highest BCUT2D eigenvalue weighted by molar-refractivity contribution is 5.79. The van der Waals surface area contributed by atoms with E-state index < -0.39 is 0 Å².